The van der Waals surface area contributed by atoms with Crippen molar-refractivity contribution in [3.05, 3.63) is 47.0 Å². The minimum absolute atomic E-state index is 0.173. The highest BCUT2D eigenvalue weighted by Crippen LogP contribution is 2.15. The van der Waals surface area contributed by atoms with Gasteiger partial charge in [0, 0.05) is 5.38 Å². The van der Waals surface area contributed by atoms with E-state index in [-0.39, 0.29) is 6.04 Å². The van der Waals surface area contributed by atoms with Crippen molar-refractivity contribution in [1.82, 2.24) is 10.3 Å². The molecule has 0 saturated heterocycles. The molecule has 0 saturated carbocycles. The lowest BCUT2D eigenvalue weighted by molar-refractivity contribution is 0.722. The number of rotatable bonds is 3. The molecule has 0 bridgehead atoms. The maximum atomic E-state index is 5.27. The molecule has 18 heavy (non-hydrogen) atoms. The minimum Gasteiger partial charge on any atom is -0.356 e. The number of hydrogen-bond acceptors (Lipinski definition) is 3. The molecule has 2 N–H and O–H groups in total. The van der Waals surface area contributed by atoms with Crippen molar-refractivity contribution in [3.8, 4) is 0 Å². The van der Waals surface area contributed by atoms with Crippen LogP contribution in [0.1, 0.15) is 24.2 Å². The van der Waals surface area contributed by atoms with Gasteiger partial charge >= 0.3 is 0 Å². The third kappa shape index (κ3) is 3.51. The Morgan fingerprint density at radius 2 is 2.06 bits per heavy atom. The number of thiocarbonyl (C=S) groups is 1. The first kappa shape index (κ1) is 13.0. The van der Waals surface area contributed by atoms with E-state index in [0.29, 0.717) is 5.11 Å². The summed E-state index contributed by atoms with van der Waals surface area (Å²) in [6, 6.07) is 10.4. The highest BCUT2D eigenvalue weighted by molar-refractivity contribution is 7.80. The first-order chi connectivity index (χ1) is 8.65. The summed E-state index contributed by atoms with van der Waals surface area (Å²) in [6.45, 7) is 4.04. The number of hydrogen-bond donors (Lipinski definition) is 2. The largest absolute Gasteiger partial charge is 0.356 e. The first-order valence-electron chi connectivity index (χ1n) is 5.70. The van der Waals surface area contributed by atoms with Gasteiger partial charge in [-0.2, -0.15) is 0 Å². The second-order valence-electron chi connectivity index (χ2n) is 4.02. The Kier molecular flexibility index (Phi) is 4.28. The lowest BCUT2D eigenvalue weighted by atomic mass is 10.1. The van der Waals surface area contributed by atoms with Gasteiger partial charge in [-0.3, -0.25) is 0 Å². The van der Waals surface area contributed by atoms with Crippen LogP contribution in [0.25, 0.3) is 0 Å². The molecule has 0 unspecified atom stereocenters. The van der Waals surface area contributed by atoms with Gasteiger partial charge in [0.1, 0.15) is 0 Å². The van der Waals surface area contributed by atoms with E-state index < -0.39 is 0 Å². The van der Waals surface area contributed by atoms with E-state index in [9.17, 15) is 0 Å². The predicted molar refractivity (Wildman–Crippen MR) is 81.1 cm³/mol. The fourth-order valence-electron chi connectivity index (χ4n) is 1.57. The number of anilines is 1. The third-order valence-corrected chi connectivity index (χ3v) is 3.58. The van der Waals surface area contributed by atoms with Crippen molar-refractivity contribution in [1.29, 1.82) is 0 Å². The van der Waals surface area contributed by atoms with Gasteiger partial charge in [-0.05, 0) is 31.6 Å². The maximum absolute atomic E-state index is 5.27. The van der Waals surface area contributed by atoms with Crippen LogP contribution in [0, 0.1) is 6.92 Å². The van der Waals surface area contributed by atoms with E-state index >= 15 is 0 Å². The second kappa shape index (κ2) is 5.93. The quantitative estimate of drug-likeness (QED) is 0.842. The Balaban J connectivity index is 1.92. The number of thiazole rings is 1. The molecule has 0 fully saturated rings. The van der Waals surface area contributed by atoms with Crippen LogP contribution in [0.4, 0.5) is 5.13 Å². The van der Waals surface area contributed by atoms with Gasteiger partial charge in [0.25, 0.3) is 0 Å². The summed E-state index contributed by atoms with van der Waals surface area (Å²) in [6.07, 6.45) is 0. The van der Waals surface area contributed by atoms with E-state index in [1.165, 1.54) is 5.56 Å². The lowest BCUT2D eigenvalue weighted by Gasteiger charge is -2.16. The Bertz CT molecular complexity index is 522. The van der Waals surface area contributed by atoms with Crippen molar-refractivity contribution in [3.63, 3.8) is 0 Å². The fourth-order valence-corrected chi connectivity index (χ4v) is 2.60. The zero-order valence-corrected chi connectivity index (χ0v) is 11.9. The number of benzene rings is 1. The molecule has 0 aliphatic heterocycles. The molecule has 1 aromatic heterocycles. The molecule has 0 amide bonds. The Morgan fingerprint density at radius 1 is 1.33 bits per heavy atom. The van der Waals surface area contributed by atoms with Gasteiger partial charge in [-0.25, -0.2) is 4.98 Å². The summed E-state index contributed by atoms with van der Waals surface area (Å²) in [5.74, 6) is 0. The summed E-state index contributed by atoms with van der Waals surface area (Å²) < 4.78 is 0. The number of nitrogens with zero attached hydrogens (tertiary/aromatic N) is 1. The second-order valence-corrected chi connectivity index (χ2v) is 5.29. The Hall–Kier alpha value is -1.46. The van der Waals surface area contributed by atoms with Crippen molar-refractivity contribution >= 4 is 33.8 Å². The van der Waals surface area contributed by atoms with Gasteiger partial charge < -0.3 is 10.6 Å². The lowest BCUT2D eigenvalue weighted by Crippen LogP contribution is -2.30. The van der Waals surface area contributed by atoms with Crippen molar-refractivity contribution < 1.29 is 0 Å². The summed E-state index contributed by atoms with van der Waals surface area (Å²) in [5, 5.41) is 9.75. The summed E-state index contributed by atoms with van der Waals surface area (Å²) >= 11 is 6.82. The standard InChI is InChI=1S/C13H15N3S2/c1-9-8-18-13(14-9)16-12(17)15-10(2)11-6-4-3-5-7-11/h3-8,10H,1-2H3,(H2,14,15,16,17)/t10-/m0/s1. The van der Waals surface area contributed by atoms with Crippen LogP contribution in [0.2, 0.25) is 0 Å². The molecule has 3 nitrogen and oxygen atoms in total. The van der Waals surface area contributed by atoms with Crippen molar-refractivity contribution in [2.24, 2.45) is 0 Å². The fraction of sp³-hybridized carbons (Fsp3) is 0.231. The normalized spacial score (nSPS) is 11.9. The molecule has 1 aromatic carbocycles. The topological polar surface area (TPSA) is 37.0 Å². The molecule has 2 rings (SSSR count). The molecule has 1 atom stereocenters. The highest BCUT2D eigenvalue weighted by atomic mass is 32.1. The highest BCUT2D eigenvalue weighted by Gasteiger charge is 2.07. The average molecular weight is 277 g/mol. The molecular formula is C13H15N3S2. The number of nitrogens with one attached hydrogen (secondary N) is 2. The Labute approximate surface area is 116 Å². The minimum atomic E-state index is 0.173. The van der Waals surface area contributed by atoms with Gasteiger partial charge in [0.15, 0.2) is 10.2 Å². The maximum Gasteiger partial charge on any atom is 0.189 e. The number of aromatic nitrogens is 1. The smallest absolute Gasteiger partial charge is 0.189 e. The zero-order chi connectivity index (χ0) is 13.0. The SMILES string of the molecule is Cc1csc(NC(=S)N[C@@H](C)c2ccccc2)n1. The van der Waals surface area contributed by atoms with Gasteiger partial charge in [-0.1, -0.05) is 30.3 Å². The van der Waals surface area contributed by atoms with Gasteiger partial charge in [0.2, 0.25) is 0 Å². The van der Waals surface area contributed by atoms with Crippen LogP contribution in [0.5, 0.6) is 0 Å². The molecule has 2 aromatic rings. The number of aryl methyl sites for hydroxylation is 1. The van der Waals surface area contributed by atoms with Gasteiger partial charge in [0.05, 0.1) is 11.7 Å². The molecule has 0 radical (unpaired) electrons. The summed E-state index contributed by atoms with van der Waals surface area (Å²) in [5.41, 5.74) is 2.21. The molecular weight excluding hydrogens is 262 g/mol. The Morgan fingerprint density at radius 3 is 2.67 bits per heavy atom. The van der Waals surface area contributed by atoms with E-state index in [2.05, 4.69) is 34.7 Å². The molecule has 1 heterocycles. The monoisotopic (exact) mass is 277 g/mol. The van der Waals surface area contributed by atoms with E-state index in [1.54, 1.807) is 11.3 Å². The third-order valence-electron chi connectivity index (χ3n) is 2.49. The van der Waals surface area contributed by atoms with Gasteiger partial charge in [-0.15, -0.1) is 11.3 Å². The van der Waals surface area contributed by atoms with Crippen LogP contribution in [-0.4, -0.2) is 10.1 Å². The van der Waals surface area contributed by atoms with Crippen LogP contribution in [0.15, 0.2) is 35.7 Å². The van der Waals surface area contributed by atoms with Crippen LogP contribution in [-0.2, 0) is 0 Å². The summed E-state index contributed by atoms with van der Waals surface area (Å²) in [7, 11) is 0. The van der Waals surface area contributed by atoms with E-state index in [4.69, 9.17) is 12.2 Å². The van der Waals surface area contributed by atoms with Crippen molar-refractivity contribution in [2.75, 3.05) is 5.32 Å². The zero-order valence-electron chi connectivity index (χ0n) is 10.3. The van der Waals surface area contributed by atoms with E-state index in [1.807, 2.05) is 30.5 Å². The molecule has 0 aliphatic carbocycles. The van der Waals surface area contributed by atoms with E-state index in [0.717, 1.165) is 10.8 Å². The van der Waals surface area contributed by atoms with Crippen molar-refractivity contribution in [2.45, 2.75) is 19.9 Å². The average Bonchev–Trinajstić information content (AvgIpc) is 2.75. The molecule has 0 spiro atoms. The summed E-state index contributed by atoms with van der Waals surface area (Å²) in [4.78, 5) is 4.31. The molecule has 94 valence electrons. The molecule has 0 aliphatic rings. The predicted octanol–water partition coefficient (Wildman–Crippen LogP) is 3.50. The van der Waals surface area contributed by atoms with Crippen LogP contribution in [0.3, 0.4) is 0 Å². The first-order valence-corrected chi connectivity index (χ1v) is 6.98. The molecule has 5 heteroatoms. The van der Waals surface area contributed by atoms with Crippen LogP contribution < -0.4 is 10.6 Å². The van der Waals surface area contributed by atoms with Crippen LogP contribution >= 0.6 is 23.6 Å².